The smallest absolute Gasteiger partial charge is 0.222 e. The minimum atomic E-state index is 0.292. The molecule has 122 valence electrons. The number of thiophene rings is 1. The van der Waals surface area contributed by atoms with E-state index in [1.807, 2.05) is 23.1 Å². The zero-order chi connectivity index (χ0) is 16.1. The number of rotatable bonds is 5. The highest BCUT2D eigenvalue weighted by Gasteiger charge is 2.24. The van der Waals surface area contributed by atoms with Crippen molar-refractivity contribution in [2.75, 3.05) is 13.6 Å². The van der Waals surface area contributed by atoms with Crippen LogP contribution in [0.15, 0.2) is 47.2 Å². The van der Waals surface area contributed by atoms with Gasteiger partial charge in [-0.2, -0.15) is 11.3 Å². The lowest BCUT2D eigenvalue weighted by atomic mass is 10.1. The van der Waals surface area contributed by atoms with E-state index in [1.165, 1.54) is 11.1 Å². The standard InChI is InChI=1S/C19H24N2OS/c1-20(13-17-10-12-23-15-17)18-7-8-19(22)21(11-9-18)14-16-5-3-2-4-6-16/h2-6,10,12,15,18H,7-9,11,13-14H2,1H3/t18-/m0/s1. The fourth-order valence-electron chi connectivity index (χ4n) is 3.23. The maximum Gasteiger partial charge on any atom is 0.222 e. The predicted molar refractivity (Wildman–Crippen MR) is 95.3 cm³/mol. The van der Waals surface area contributed by atoms with Crippen molar-refractivity contribution in [3.8, 4) is 0 Å². The lowest BCUT2D eigenvalue weighted by molar-refractivity contribution is -0.131. The summed E-state index contributed by atoms with van der Waals surface area (Å²) >= 11 is 1.75. The molecule has 0 unspecified atom stereocenters. The summed E-state index contributed by atoms with van der Waals surface area (Å²) in [5.74, 6) is 0.292. The molecule has 1 fully saturated rings. The Morgan fingerprint density at radius 1 is 1.17 bits per heavy atom. The first-order valence-corrected chi connectivity index (χ1v) is 9.19. The molecule has 2 aromatic rings. The van der Waals surface area contributed by atoms with Crippen molar-refractivity contribution in [3.05, 3.63) is 58.3 Å². The Hall–Kier alpha value is -1.65. The van der Waals surface area contributed by atoms with Gasteiger partial charge in [0.2, 0.25) is 5.91 Å². The molecule has 1 aliphatic heterocycles. The quantitative estimate of drug-likeness (QED) is 0.834. The van der Waals surface area contributed by atoms with Crippen LogP contribution in [0.25, 0.3) is 0 Å². The Balaban J connectivity index is 1.58. The van der Waals surface area contributed by atoms with Gasteiger partial charge < -0.3 is 4.90 Å². The number of hydrogen-bond acceptors (Lipinski definition) is 3. The van der Waals surface area contributed by atoms with Gasteiger partial charge in [0.15, 0.2) is 0 Å². The second kappa shape index (κ2) is 7.75. The van der Waals surface area contributed by atoms with E-state index in [2.05, 4.69) is 40.9 Å². The predicted octanol–water partition coefficient (Wildman–Crippen LogP) is 3.76. The molecule has 3 nitrogen and oxygen atoms in total. The van der Waals surface area contributed by atoms with Crippen LogP contribution >= 0.6 is 11.3 Å². The van der Waals surface area contributed by atoms with E-state index in [4.69, 9.17) is 0 Å². The summed E-state index contributed by atoms with van der Waals surface area (Å²) in [6.07, 6.45) is 2.68. The Labute approximate surface area is 142 Å². The molecule has 0 aliphatic carbocycles. The second-order valence-corrected chi connectivity index (χ2v) is 7.11. The number of carbonyl (C=O) groups excluding carboxylic acids is 1. The molecule has 0 radical (unpaired) electrons. The highest BCUT2D eigenvalue weighted by atomic mass is 32.1. The van der Waals surface area contributed by atoms with Crippen LogP contribution in [0.5, 0.6) is 0 Å². The maximum absolute atomic E-state index is 12.4. The number of nitrogens with zero attached hydrogens (tertiary/aromatic N) is 2. The van der Waals surface area contributed by atoms with Gasteiger partial charge in [-0.1, -0.05) is 30.3 Å². The SMILES string of the molecule is CN(Cc1ccsc1)[C@H]1CCC(=O)N(Cc2ccccc2)CC1. The van der Waals surface area contributed by atoms with Crippen LogP contribution in [0.3, 0.4) is 0 Å². The van der Waals surface area contributed by atoms with E-state index in [1.54, 1.807) is 11.3 Å². The van der Waals surface area contributed by atoms with Gasteiger partial charge in [0.05, 0.1) is 0 Å². The molecular weight excluding hydrogens is 304 g/mol. The average molecular weight is 328 g/mol. The fraction of sp³-hybridized carbons (Fsp3) is 0.421. The van der Waals surface area contributed by atoms with Crippen LogP contribution in [0.1, 0.15) is 30.4 Å². The molecule has 1 amide bonds. The summed E-state index contributed by atoms with van der Waals surface area (Å²) < 4.78 is 0. The number of amides is 1. The van der Waals surface area contributed by atoms with Gasteiger partial charge in [-0.15, -0.1) is 0 Å². The Morgan fingerprint density at radius 2 is 2.00 bits per heavy atom. The van der Waals surface area contributed by atoms with E-state index in [-0.39, 0.29) is 0 Å². The molecule has 0 spiro atoms. The molecule has 0 saturated carbocycles. The van der Waals surface area contributed by atoms with E-state index in [9.17, 15) is 4.79 Å². The van der Waals surface area contributed by atoms with Crippen LogP contribution < -0.4 is 0 Å². The highest BCUT2D eigenvalue weighted by Crippen LogP contribution is 2.20. The molecule has 0 N–H and O–H groups in total. The number of benzene rings is 1. The van der Waals surface area contributed by atoms with E-state index < -0.39 is 0 Å². The maximum atomic E-state index is 12.4. The first-order valence-electron chi connectivity index (χ1n) is 8.25. The molecular formula is C19H24N2OS. The van der Waals surface area contributed by atoms with Crippen LogP contribution in [-0.4, -0.2) is 35.3 Å². The second-order valence-electron chi connectivity index (χ2n) is 6.33. The molecule has 4 heteroatoms. The summed E-state index contributed by atoms with van der Waals surface area (Å²) in [6.45, 7) is 2.56. The molecule has 1 atom stereocenters. The van der Waals surface area contributed by atoms with Crippen molar-refractivity contribution < 1.29 is 4.79 Å². The number of hydrogen-bond donors (Lipinski definition) is 0. The fourth-order valence-corrected chi connectivity index (χ4v) is 3.89. The van der Waals surface area contributed by atoms with Crippen molar-refractivity contribution in [1.82, 2.24) is 9.80 Å². The van der Waals surface area contributed by atoms with Gasteiger partial charge in [-0.3, -0.25) is 9.69 Å². The topological polar surface area (TPSA) is 23.6 Å². The summed E-state index contributed by atoms with van der Waals surface area (Å²) in [5.41, 5.74) is 2.58. The summed E-state index contributed by atoms with van der Waals surface area (Å²) in [6, 6.07) is 13.0. The molecule has 3 rings (SSSR count). The number of likely N-dealkylation sites (tertiary alicyclic amines) is 1. The van der Waals surface area contributed by atoms with Crippen LogP contribution in [0.4, 0.5) is 0 Å². The summed E-state index contributed by atoms with van der Waals surface area (Å²) in [7, 11) is 2.18. The van der Waals surface area contributed by atoms with Crippen LogP contribution in [0.2, 0.25) is 0 Å². The Bertz CT molecular complexity index is 612. The van der Waals surface area contributed by atoms with Gasteiger partial charge in [-0.05, 0) is 47.8 Å². The van der Waals surface area contributed by atoms with E-state index >= 15 is 0 Å². The molecule has 2 heterocycles. The van der Waals surface area contributed by atoms with Crippen molar-refractivity contribution >= 4 is 17.2 Å². The summed E-state index contributed by atoms with van der Waals surface area (Å²) in [4.78, 5) is 16.8. The first kappa shape index (κ1) is 16.2. The van der Waals surface area contributed by atoms with E-state index in [0.29, 0.717) is 18.4 Å². The normalized spacial score (nSPS) is 19.1. The third-order valence-corrected chi connectivity index (χ3v) is 5.36. The molecule has 23 heavy (non-hydrogen) atoms. The lowest BCUT2D eigenvalue weighted by Crippen LogP contribution is -2.33. The minimum Gasteiger partial charge on any atom is -0.338 e. The monoisotopic (exact) mass is 328 g/mol. The van der Waals surface area contributed by atoms with Crippen molar-refractivity contribution in [2.24, 2.45) is 0 Å². The zero-order valence-corrected chi connectivity index (χ0v) is 14.5. The Kier molecular flexibility index (Phi) is 5.47. The minimum absolute atomic E-state index is 0.292. The number of carbonyl (C=O) groups is 1. The van der Waals surface area contributed by atoms with Crippen LogP contribution in [-0.2, 0) is 17.9 Å². The molecule has 1 saturated heterocycles. The summed E-state index contributed by atoms with van der Waals surface area (Å²) in [5, 5.41) is 4.33. The lowest BCUT2D eigenvalue weighted by Gasteiger charge is -2.27. The average Bonchev–Trinajstić information content (AvgIpc) is 3.00. The van der Waals surface area contributed by atoms with Crippen molar-refractivity contribution in [1.29, 1.82) is 0 Å². The van der Waals surface area contributed by atoms with Gasteiger partial charge in [0.1, 0.15) is 0 Å². The largest absolute Gasteiger partial charge is 0.338 e. The molecule has 0 bridgehead atoms. The zero-order valence-electron chi connectivity index (χ0n) is 13.6. The van der Waals surface area contributed by atoms with Crippen LogP contribution in [0, 0.1) is 0 Å². The van der Waals surface area contributed by atoms with Gasteiger partial charge in [0, 0.05) is 32.1 Å². The Morgan fingerprint density at radius 3 is 2.74 bits per heavy atom. The van der Waals surface area contributed by atoms with Gasteiger partial charge >= 0.3 is 0 Å². The third-order valence-electron chi connectivity index (χ3n) is 4.63. The molecule has 1 aromatic carbocycles. The third kappa shape index (κ3) is 4.43. The molecule has 1 aliphatic rings. The molecule has 1 aromatic heterocycles. The highest BCUT2D eigenvalue weighted by molar-refractivity contribution is 7.07. The first-order chi connectivity index (χ1) is 11.2. The van der Waals surface area contributed by atoms with E-state index in [0.717, 1.165) is 32.5 Å². The van der Waals surface area contributed by atoms with Crippen molar-refractivity contribution in [3.63, 3.8) is 0 Å². The van der Waals surface area contributed by atoms with Gasteiger partial charge in [-0.25, -0.2) is 0 Å². The van der Waals surface area contributed by atoms with Crippen molar-refractivity contribution in [2.45, 2.75) is 38.4 Å². The van der Waals surface area contributed by atoms with Gasteiger partial charge in [0.25, 0.3) is 0 Å².